The zero-order valence-electron chi connectivity index (χ0n) is 12.7. The first-order chi connectivity index (χ1) is 11.5. The molecule has 1 aromatic heterocycles. The summed E-state index contributed by atoms with van der Waals surface area (Å²) in [7, 11) is 0. The molecule has 0 saturated heterocycles. The molecule has 120 valence electrons. The van der Waals surface area contributed by atoms with Gasteiger partial charge in [0, 0.05) is 5.56 Å². The molecule has 0 radical (unpaired) electrons. The van der Waals surface area contributed by atoms with Crippen molar-refractivity contribution in [1.29, 1.82) is 0 Å². The number of aromatic nitrogens is 3. The van der Waals surface area contributed by atoms with E-state index in [2.05, 4.69) is 10.3 Å². The fourth-order valence-corrected chi connectivity index (χ4v) is 2.32. The van der Waals surface area contributed by atoms with Crippen LogP contribution in [0.2, 0.25) is 0 Å². The molecule has 0 aliphatic rings. The van der Waals surface area contributed by atoms with Gasteiger partial charge in [-0.15, -0.1) is 5.10 Å². The number of nitrogens with zero attached hydrogens (tertiary/aromatic N) is 3. The van der Waals surface area contributed by atoms with Gasteiger partial charge in [-0.1, -0.05) is 35.0 Å². The fourth-order valence-electron chi connectivity index (χ4n) is 2.32. The van der Waals surface area contributed by atoms with Crippen LogP contribution in [0.4, 0.5) is 0 Å². The maximum atomic E-state index is 11.5. The monoisotopic (exact) mass is 323 g/mol. The second kappa shape index (κ2) is 5.96. The molecule has 3 rings (SSSR count). The highest BCUT2D eigenvalue weighted by Crippen LogP contribution is 2.26. The maximum Gasteiger partial charge on any atom is 0.358 e. The van der Waals surface area contributed by atoms with Crippen molar-refractivity contribution < 1.29 is 19.8 Å². The minimum absolute atomic E-state index is 0.134. The second-order valence-corrected chi connectivity index (χ2v) is 5.22. The largest absolute Gasteiger partial charge is 0.478 e. The predicted octanol–water partition coefficient (Wildman–Crippen LogP) is 2.64. The Balaban J connectivity index is 2.16. The lowest BCUT2D eigenvalue weighted by Crippen LogP contribution is -2.04. The van der Waals surface area contributed by atoms with Gasteiger partial charge in [0.25, 0.3) is 0 Å². The van der Waals surface area contributed by atoms with Crippen molar-refractivity contribution in [2.45, 2.75) is 6.92 Å². The molecule has 0 atom stereocenters. The third-order valence-corrected chi connectivity index (χ3v) is 3.56. The Morgan fingerprint density at radius 1 is 0.917 bits per heavy atom. The molecule has 0 bridgehead atoms. The molecule has 0 saturated carbocycles. The highest BCUT2D eigenvalue weighted by Gasteiger charge is 2.21. The lowest BCUT2D eigenvalue weighted by molar-refractivity contribution is 0.0683. The first-order valence-electron chi connectivity index (χ1n) is 7.07. The summed E-state index contributed by atoms with van der Waals surface area (Å²) < 4.78 is 1.39. The Morgan fingerprint density at radius 3 is 2.08 bits per heavy atom. The van der Waals surface area contributed by atoms with Crippen molar-refractivity contribution >= 4 is 11.9 Å². The lowest BCUT2D eigenvalue weighted by Gasteiger charge is -2.08. The van der Waals surface area contributed by atoms with Crippen LogP contribution in [0, 0.1) is 6.92 Å². The Labute approximate surface area is 136 Å². The number of aryl methyl sites for hydroxylation is 1. The first-order valence-corrected chi connectivity index (χ1v) is 7.07. The Kier molecular flexibility index (Phi) is 3.83. The van der Waals surface area contributed by atoms with E-state index in [9.17, 15) is 14.7 Å². The molecule has 0 aliphatic heterocycles. The van der Waals surface area contributed by atoms with Gasteiger partial charge in [0.2, 0.25) is 0 Å². The molecule has 1 heterocycles. The minimum atomic E-state index is -1.18. The summed E-state index contributed by atoms with van der Waals surface area (Å²) in [6, 6.07) is 13.3. The van der Waals surface area contributed by atoms with Crippen LogP contribution < -0.4 is 0 Å². The van der Waals surface area contributed by atoms with Crippen LogP contribution in [-0.4, -0.2) is 37.1 Å². The normalized spacial score (nSPS) is 10.5. The number of carboxylic acids is 2. The first kappa shape index (κ1) is 15.4. The topological polar surface area (TPSA) is 105 Å². The Morgan fingerprint density at radius 2 is 1.54 bits per heavy atom. The standard InChI is InChI=1S/C17H13N3O4/c1-10-2-4-11(5-3-10)15-14(17(23)24)18-19-20(15)13-8-6-12(7-9-13)16(21)22/h2-9H,1H3,(H,21,22)(H,23,24). The van der Waals surface area contributed by atoms with Crippen LogP contribution in [0.5, 0.6) is 0 Å². The highest BCUT2D eigenvalue weighted by molar-refractivity contribution is 5.93. The zero-order valence-corrected chi connectivity index (χ0v) is 12.7. The average Bonchev–Trinajstić information content (AvgIpc) is 3.01. The molecule has 24 heavy (non-hydrogen) atoms. The lowest BCUT2D eigenvalue weighted by atomic mass is 10.1. The highest BCUT2D eigenvalue weighted by atomic mass is 16.4. The van der Waals surface area contributed by atoms with E-state index in [1.54, 1.807) is 24.3 Å². The van der Waals surface area contributed by atoms with Gasteiger partial charge in [0.1, 0.15) is 5.69 Å². The number of carboxylic acid groups (broad SMARTS) is 2. The third kappa shape index (κ3) is 2.74. The molecule has 2 aromatic carbocycles. The van der Waals surface area contributed by atoms with Crippen LogP contribution in [0.15, 0.2) is 48.5 Å². The van der Waals surface area contributed by atoms with Crippen LogP contribution in [0.1, 0.15) is 26.4 Å². The van der Waals surface area contributed by atoms with Crippen molar-refractivity contribution in [2.24, 2.45) is 0 Å². The van der Waals surface area contributed by atoms with Crippen molar-refractivity contribution in [1.82, 2.24) is 15.0 Å². The summed E-state index contributed by atoms with van der Waals surface area (Å²) in [5.74, 6) is -2.22. The van der Waals surface area contributed by atoms with E-state index in [-0.39, 0.29) is 11.3 Å². The second-order valence-electron chi connectivity index (χ2n) is 5.22. The van der Waals surface area contributed by atoms with Gasteiger partial charge in [-0.2, -0.15) is 0 Å². The molecule has 0 amide bonds. The summed E-state index contributed by atoms with van der Waals surface area (Å²) in [5.41, 5.74) is 2.53. The molecule has 2 N–H and O–H groups in total. The molecule has 0 fully saturated rings. The minimum Gasteiger partial charge on any atom is -0.478 e. The van der Waals surface area contributed by atoms with E-state index < -0.39 is 11.9 Å². The number of carbonyl (C=O) groups is 2. The van der Waals surface area contributed by atoms with Gasteiger partial charge in [0.05, 0.1) is 11.3 Å². The number of benzene rings is 2. The van der Waals surface area contributed by atoms with E-state index in [0.29, 0.717) is 16.9 Å². The summed E-state index contributed by atoms with van der Waals surface area (Å²) in [5, 5.41) is 26.0. The SMILES string of the molecule is Cc1ccc(-c2c(C(=O)O)nnn2-c2ccc(C(=O)O)cc2)cc1. The van der Waals surface area contributed by atoms with Gasteiger partial charge in [-0.25, -0.2) is 14.3 Å². The van der Waals surface area contributed by atoms with Gasteiger partial charge in [-0.3, -0.25) is 0 Å². The maximum absolute atomic E-state index is 11.5. The molecule has 7 heteroatoms. The number of rotatable bonds is 4. The third-order valence-electron chi connectivity index (χ3n) is 3.56. The molecule has 0 aliphatic carbocycles. The summed E-state index contributed by atoms with van der Waals surface area (Å²) >= 11 is 0. The summed E-state index contributed by atoms with van der Waals surface area (Å²) in [6.07, 6.45) is 0. The molecular formula is C17H13N3O4. The molecule has 0 unspecified atom stereocenters. The van der Waals surface area contributed by atoms with Gasteiger partial charge in [-0.05, 0) is 31.2 Å². The van der Waals surface area contributed by atoms with E-state index in [4.69, 9.17) is 5.11 Å². The molecule has 0 spiro atoms. The average molecular weight is 323 g/mol. The number of hydrogen-bond donors (Lipinski definition) is 2. The number of aromatic carboxylic acids is 2. The molecular weight excluding hydrogens is 310 g/mol. The summed E-state index contributed by atoms with van der Waals surface area (Å²) in [4.78, 5) is 22.4. The van der Waals surface area contributed by atoms with Gasteiger partial charge in [0.15, 0.2) is 5.69 Å². The molecule has 7 nitrogen and oxygen atoms in total. The quantitative estimate of drug-likeness (QED) is 0.764. The fraction of sp³-hybridized carbons (Fsp3) is 0.0588. The Bertz CT molecular complexity index is 912. The smallest absolute Gasteiger partial charge is 0.358 e. The number of hydrogen-bond acceptors (Lipinski definition) is 4. The predicted molar refractivity (Wildman–Crippen MR) is 85.5 cm³/mol. The zero-order chi connectivity index (χ0) is 17.3. The van der Waals surface area contributed by atoms with Crippen molar-refractivity contribution in [3.63, 3.8) is 0 Å². The molecule has 3 aromatic rings. The summed E-state index contributed by atoms with van der Waals surface area (Å²) in [6.45, 7) is 1.93. The van der Waals surface area contributed by atoms with Crippen LogP contribution in [0.25, 0.3) is 16.9 Å². The van der Waals surface area contributed by atoms with E-state index in [1.807, 2.05) is 19.1 Å². The van der Waals surface area contributed by atoms with Crippen LogP contribution in [-0.2, 0) is 0 Å². The van der Waals surface area contributed by atoms with Crippen molar-refractivity contribution in [3.05, 3.63) is 65.4 Å². The van der Waals surface area contributed by atoms with Gasteiger partial charge < -0.3 is 10.2 Å². The van der Waals surface area contributed by atoms with E-state index >= 15 is 0 Å². The van der Waals surface area contributed by atoms with Crippen LogP contribution >= 0.6 is 0 Å². The van der Waals surface area contributed by atoms with Crippen molar-refractivity contribution in [3.8, 4) is 16.9 Å². The van der Waals surface area contributed by atoms with Gasteiger partial charge >= 0.3 is 11.9 Å². The Hall–Kier alpha value is -3.48. The van der Waals surface area contributed by atoms with E-state index in [0.717, 1.165) is 5.56 Å². The van der Waals surface area contributed by atoms with Crippen LogP contribution in [0.3, 0.4) is 0 Å². The van der Waals surface area contributed by atoms with Crippen molar-refractivity contribution in [2.75, 3.05) is 0 Å². The van der Waals surface area contributed by atoms with E-state index in [1.165, 1.54) is 16.8 Å².